The molecule has 1 aromatic rings. The molecule has 0 spiro atoms. The maximum absolute atomic E-state index is 13.3. The van der Waals surface area contributed by atoms with E-state index in [1.165, 1.54) is 6.07 Å². The van der Waals surface area contributed by atoms with Crippen LogP contribution in [0.25, 0.3) is 0 Å². The minimum absolute atomic E-state index is 0.212. The molecule has 0 amide bonds. The fourth-order valence-electron chi connectivity index (χ4n) is 2.37. The van der Waals surface area contributed by atoms with E-state index in [-0.39, 0.29) is 5.82 Å². The van der Waals surface area contributed by atoms with Gasteiger partial charge in [-0.05, 0) is 40.0 Å². The van der Waals surface area contributed by atoms with Crippen LogP contribution in [0.5, 0.6) is 0 Å². The molecule has 0 radical (unpaired) electrons. The van der Waals surface area contributed by atoms with Crippen LogP contribution in [0.3, 0.4) is 0 Å². The van der Waals surface area contributed by atoms with E-state index < -0.39 is 0 Å². The molecule has 1 atom stereocenters. The zero-order chi connectivity index (χ0) is 13.0. The number of halogens is 2. The summed E-state index contributed by atoms with van der Waals surface area (Å²) in [6, 6.07) is 5.57. The van der Waals surface area contributed by atoms with Crippen LogP contribution >= 0.6 is 15.9 Å². The Morgan fingerprint density at radius 1 is 1.44 bits per heavy atom. The summed E-state index contributed by atoms with van der Waals surface area (Å²) in [6.45, 7) is 7.90. The summed E-state index contributed by atoms with van der Waals surface area (Å²) in [4.78, 5) is 2.43. The van der Waals surface area contributed by atoms with E-state index in [0.717, 1.165) is 38.2 Å². The topological polar surface area (TPSA) is 15.3 Å². The van der Waals surface area contributed by atoms with Crippen molar-refractivity contribution < 1.29 is 4.39 Å². The summed E-state index contributed by atoms with van der Waals surface area (Å²) in [6.07, 6.45) is 2.82. The van der Waals surface area contributed by atoms with E-state index in [1.54, 1.807) is 0 Å². The molecule has 1 fully saturated rings. The molecule has 0 aromatic heterocycles. The lowest BCUT2D eigenvalue weighted by Crippen LogP contribution is -2.45. The van der Waals surface area contributed by atoms with Crippen molar-refractivity contribution in [3.05, 3.63) is 46.7 Å². The quantitative estimate of drug-likeness (QED) is 0.859. The second-order valence-corrected chi connectivity index (χ2v) is 5.35. The number of benzene rings is 1. The lowest BCUT2D eigenvalue weighted by molar-refractivity contribution is 0.174. The molecule has 4 heteroatoms. The molecule has 0 bridgehead atoms. The molecule has 2 rings (SSSR count). The average Bonchev–Trinajstić information content (AvgIpc) is 2.40. The standard InChI is InChI=1S/C14H18BrFN2/c1-2-3-14(18-8-6-17-7-9-18)11-4-5-13(16)12(15)10-11/h2,4-5,10,14,17H,1,3,6-9H2/t14-/m1/s1. The maximum Gasteiger partial charge on any atom is 0.137 e. The first-order valence-electron chi connectivity index (χ1n) is 6.23. The van der Waals surface area contributed by atoms with Crippen molar-refractivity contribution in [3.8, 4) is 0 Å². The first kappa shape index (κ1) is 13.7. The van der Waals surface area contributed by atoms with Crippen LogP contribution in [0.2, 0.25) is 0 Å². The van der Waals surface area contributed by atoms with Gasteiger partial charge in [-0.2, -0.15) is 0 Å². The smallest absolute Gasteiger partial charge is 0.137 e. The van der Waals surface area contributed by atoms with E-state index >= 15 is 0 Å². The van der Waals surface area contributed by atoms with Crippen LogP contribution in [0.15, 0.2) is 35.3 Å². The second-order valence-electron chi connectivity index (χ2n) is 4.50. The van der Waals surface area contributed by atoms with E-state index in [9.17, 15) is 4.39 Å². The van der Waals surface area contributed by atoms with Crippen LogP contribution in [0.1, 0.15) is 18.0 Å². The summed E-state index contributed by atoms with van der Waals surface area (Å²) in [5.74, 6) is -0.212. The van der Waals surface area contributed by atoms with Crippen molar-refractivity contribution in [1.29, 1.82) is 0 Å². The van der Waals surface area contributed by atoms with Gasteiger partial charge in [0.15, 0.2) is 0 Å². The van der Waals surface area contributed by atoms with Gasteiger partial charge in [-0.25, -0.2) is 4.39 Å². The van der Waals surface area contributed by atoms with Crippen molar-refractivity contribution in [2.75, 3.05) is 26.2 Å². The number of hydrogen-bond acceptors (Lipinski definition) is 2. The molecule has 1 heterocycles. The van der Waals surface area contributed by atoms with Crippen molar-refractivity contribution in [2.45, 2.75) is 12.5 Å². The van der Waals surface area contributed by atoms with Crippen molar-refractivity contribution in [1.82, 2.24) is 10.2 Å². The number of piperazine rings is 1. The molecular weight excluding hydrogens is 295 g/mol. The Hall–Kier alpha value is -0.710. The van der Waals surface area contributed by atoms with Gasteiger partial charge in [-0.1, -0.05) is 12.1 Å². The van der Waals surface area contributed by atoms with Crippen LogP contribution in [0.4, 0.5) is 4.39 Å². The zero-order valence-corrected chi connectivity index (χ0v) is 11.9. The summed E-state index contributed by atoms with van der Waals surface area (Å²) < 4.78 is 13.8. The van der Waals surface area contributed by atoms with Gasteiger partial charge < -0.3 is 5.32 Å². The molecule has 1 N–H and O–H groups in total. The average molecular weight is 313 g/mol. The molecule has 1 aliphatic heterocycles. The summed E-state index contributed by atoms with van der Waals surface area (Å²) in [7, 11) is 0. The summed E-state index contributed by atoms with van der Waals surface area (Å²) in [5, 5.41) is 3.35. The Morgan fingerprint density at radius 3 is 2.78 bits per heavy atom. The Labute approximate surface area is 116 Å². The Kier molecular flexibility index (Phi) is 4.92. The molecule has 1 aromatic carbocycles. The van der Waals surface area contributed by atoms with Crippen LogP contribution in [-0.4, -0.2) is 31.1 Å². The predicted octanol–water partition coefficient (Wildman–Crippen LogP) is 3.11. The third-order valence-corrected chi connectivity index (χ3v) is 3.92. The highest BCUT2D eigenvalue weighted by Gasteiger charge is 2.21. The third-order valence-electron chi connectivity index (χ3n) is 3.31. The summed E-state index contributed by atoms with van der Waals surface area (Å²) >= 11 is 3.26. The van der Waals surface area contributed by atoms with Crippen molar-refractivity contribution in [3.63, 3.8) is 0 Å². The second kappa shape index (κ2) is 6.45. The summed E-state index contributed by atoms with van der Waals surface area (Å²) in [5.41, 5.74) is 1.14. The van der Waals surface area contributed by atoms with Gasteiger partial charge in [0.2, 0.25) is 0 Å². The highest BCUT2D eigenvalue weighted by atomic mass is 79.9. The fourth-order valence-corrected chi connectivity index (χ4v) is 2.76. The number of rotatable bonds is 4. The maximum atomic E-state index is 13.3. The molecule has 0 aliphatic carbocycles. The van der Waals surface area contributed by atoms with Crippen LogP contribution in [0, 0.1) is 5.82 Å². The molecule has 2 nitrogen and oxygen atoms in total. The van der Waals surface area contributed by atoms with Crippen LogP contribution in [-0.2, 0) is 0 Å². The minimum atomic E-state index is -0.212. The first-order chi connectivity index (χ1) is 8.72. The highest BCUT2D eigenvalue weighted by Crippen LogP contribution is 2.28. The lowest BCUT2D eigenvalue weighted by Gasteiger charge is -2.34. The highest BCUT2D eigenvalue weighted by molar-refractivity contribution is 9.10. The largest absolute Gasteiger partial charge is 0.314 e. The van der Waals surface area contributed by atoms with E-state index in [4.69, 9.17) is 0 Å². The fraction of sp³-hybridized carbons (Fsp3) is 0.429. The Morgan fingerprint density at radius 2 is 2.17 bits per heavy atom. The van der Waals surface area contributed by atoms with Crippen molar-refractivity contribution in [2.24, 2.45) is 0 Å². The normalized spacial score (nSPS) is 18.6. The van der Waals surface area contributed by atoms with Gasteiger partial charge in [0.05, 0.1) is 4.47 Å². The molecule has 1 aliphatic rings. The lowest BCUT2D eigenvalue weighted by atomic mass is 10.0. The van der Waals surface area contributed by atoms with E-state index in [1.807, 2.05) is 18.2 Å². The minimum Gasteiger partial charge on any atom is -0.314 e. The van der Waals surface area contributed by atoms with Gasteiger partial charge in [0.25, 0.3) is 0 Å². The number of nitrogens with one attached hydrogen (secondary N) is 1. The van der Waals surface area contributed by atoms with Gasteiger partial charge in [0, 0.05) is 32.2 Å². The van der Waals surface area contributed by atoms with Gasteiger partial charge in [-0.3, -0.25) is 4.90 Å². The molecule has 98 valence electrons. The number of hydrogen-bond donors (Lipinski definition) is 1. The Bertz CT molecular complexity index is 416. The molecule has 0 saturated carbocycles. The molecule has 0 unspecified atom stereocenters. The molecule has 18 heavy (non-hydrogen) atoms. The van der Waals surface area contributed by atoms with Gasteiger partial charge in [-0.15, -0.1) is 6.58 Å². The predicted molar refractivity (Wildman–Crippen MR) is 76.1 cm³/mol. The third kappa shape index (κ3) is 3.19. The van der Waals surface area contributed by atoms with Gasteiger partial charge >= 0.3 is 0 Å². The van der Waals surface area contributed by atoms with Gasteiger partial charge in [0.1, 0.15) is 5.82 Å². The molecule has 1 saturated heterocycles. The van der Waals surface area contributed by atoms with Crippen molar-refractivity contribution >= 4 is 15.9 Å². The first-order valence-corrected chi connectivity index (χ1v) is 7.02. The molecular formula is C14H18BrFN2. The van der Waals surface area contributed by atoms with E-state index in [0.29, 0.717) is 10.5 Å². The zero-order valence-electron chi connectivity index (χ0n) is 10.3. The Balaban J connectivity index is 2.22. The monoisotopic (exact) mass is 312 g/mol. The number of nitrogens with zero attached hydrogens (tertiary/aromatic N) is 1. The SMILES string of the molecule is C=CC[C@H](c1ccc(F)c(Br)c1)N1CCNCC1. The van der Waals surface area contributed by atoms with Crippen LogP contribution < -0.4 is 5.32 Å². The van der Waals surface area contributed by atoms with E-state index in [2.05, 4.69) is 32.7 Å².